The summed E-state index contributed by atoms with van der Waals surface area (Å²) in [6.45, 7) is 0. The highest BCUT2D eigenvalue weighted by molar-refractivity contribution is 8.86. The van der Waals surface area contributed by atoms with Crippen LogP contribution in [-0.2, 0) is 0 Å². The van der Waals surface area contributed by atoms with Crippen molar-refractivity contribution in [3.63, 3.8) is 0 Å². The summed E-state index contributed by atoms with van der Waals surface area (Å²) in [6, 6.07) is 5.18. The van der Waals surface area contributed by atoms with Crippen LogP contribution in [0.3, 0.4) is 0 Å². The van der Waals surface area contributed by atoms with Crippen molar-refractivity contribution in [3.05, 3.63) is 18.2 Å². The van der Waals surface area contributed by atoms with E-state index in [4.69, 9.17) is 26.5 Å². The smallest absolute Gasteiger partial charge is 0.409 e. The van der Waals surface area contributed by atoms with E-state index in [0.29, 0.717) is 5.69 Å². The van der Waals surface area contributed by atoms with E-state index in [-0.39, 0.29) is 0 Å². The SMILES string of the molecule is O=C(O)Nc1ccc(SSCl)c(SSCl)c1. The second-order valence-electron chi connectivity index (χ2n) is 2.38. The van der Waals surface area contributed by atoms with Crippen molar-refractivity contribution in [1.82, 2.24) is 0 Å². The maximum atomic E-state index is 10.5. The van der Waals surface area contributed by atoms with Gasteiger partial charge in [0.2, 0.25) is 0 Å². The number of carboxylic acid groups (broad SMARTS) is 1. The van der Waals surface area contributed by atoms with Gasteiger partial charge in [-0.1, -0.05) is 0 Å². The minimum absolute atomic E-state index is 0.504. The zero-order valence-corrected chi connectivity index (χ0v) is 12.3. The molecular formula is C7H5Cl2NO2S4. The minimum Gasteiger partial charge on any atom is -0.465 e. The van der Waals surface area contributed by atoms with Crippen LogP contribution in [0.5, 0.6) is 0 Å². The van der Waals surface area contributed by atoms with Crippen molar-refractivity contribution < 1.29 is 9.90 Å². The van der Waals surface area contributed by atoms with Gasteiger partial charge in [0.15, 0.2) is 0 Å². The molecule has 0 saturated heterocycles. The molecule has 0 saturated carbocycles. The van der Waals surface area contributed by atoms with E-state index in [2.05, 4.69) is 5.32 Å². The lowest BCUT2D eigenvalue weighted by Crippen LogP contribution is -2.06. The van der Waals surface area contributed by atoms with E-state index in [1.165, 1.54) is 21.6 Å². The average molecular weight is 334 g/mol. The number of rotatable bonds is 5. The van der Waals surface area contributed by atoms with Gasteiger partial charge in [-0.3, -0.25) is 5.32 Å². The minimum atomic E-state index is -1.10. The van der Waals surface area contributed by atoms with Crippen LogP contribution >= 0.6 is 63.0 Å². The first-order valence-corrected chi connectivity index (χ1v) is 9.67. The standard InChI is InChI=1S/C7H5Cl2NO2S4/c8-15-13-5-2-1-4(10-7(11)12)3-6(5)14-16-9/h1-3,10H,(H,11,12). The van der Waals surface area contributed by atoms with E-state index >= 15 is 0 Å². The lowest BCUT2D eigenvalue weighted by atomic mass is 10.3. The fourth-order valence-electron chi connectivity index (χ4n) is 0.911. The Morgan fingerprint density at radius 1 is 1.19 bits per heavy atom. The molecule has 1 aromatic rings. The Bertz CT molecular complexity index is 379. The largest absolute Gasteiger partial charge is 0.465 e. The van der Waals surface area contributed by atoms with Gasteiger partial charge in [0.05, 0.1) is 0 Å². The molecule has 1 amide bonds. The third kappa shape index (κ3) is 4.77. The molecular weight excluding hydrogens is 329 g/mol. The van der Waals surface area contributed by atoms with Gasteiger partial charge in [-0.05, 0) is 61.2 Å². The normalized spacial score (nSPS) is 10.1. The number of hydrogen-bond donors (Lipinski definition) is 2. The van der Waals surface area contributed by atoms with E-state index in [1.807, 2.05) is 0 Å². The van der Waals surface area contributed by atoms with Crippen LogP contribution in [0.1, 0.15) is 0 Å². The number of anilines is 1. The first-order valence-electron chi connectivity index (χ1n) is 3.72. The zero-order chi connectivity index (χ0) is 12.0. The number of carbonyl (C=O) groups is 1. The fourth-order valence-corrected chi connectivity index (χ4v) is 4.68. The highest BCUT2D eigenvalue weighted by Crippen LogP contribution is 2.45. The van der Waals surface area contributed by atoms with Gasteiger partial charge in [-0.25, -0.2) is 4.79 Å². The number of halogens is 2. The molecule has 0 heterocycles. The summed E-state index contributed by atoms with van der Waals surface area (Å²) >= 11 is 0. The molecule has 2 N–H and O–H groups in total. The van der Waals surface area contributed by atoms with E-state index in [1.54, 1.807) is 18.2 Å². The first kappa shape index (κ1) is 14.5. The van der Waals surface area contributed by atoms with Crippen LogP contribution in [0.25, 0.3) is 0 Å². The number of amides is 1. The molecule has 0 spiro atoms. The molecule has 0 fully saturated rings. The summed E-state index contributed by atoms with van der Waals surface area (Å²) in [5.41, 5.74) is 0.504. The molecule has 16 heavy (non-hydrogen) atoms. The molecule has 0 unspecified atom stereocenters. The Morgan fingerprint density at radius 2 is 1.81 bits per heavy atom. The van der Waals surface area contributed by atoms with Crippen LogP contribution in [0.15, 0.2) is 28.0 Å². The summed E-state index contributed by atoms with van der Waals surface area (Å²) in [7, 11) is 16.0. The molecule has 0 bridgehead atoms. The maximum Gasteiger partial charge on any atom is 0.409 e. The second kappa shape index (κ2) is 7.73. The van der Waals surface area contributed by atoms with Crippen molar-refractivity contribution in [2.24, 2.45) is 0 Å². The average Bonchev–Trinajstić information content (AvgIpc) is 2.21. The number of hydrogen-bond acceptors (Lipinski definition) is 5. The molecule has 1 rings (SSSR count). The van der Waals surface area contributed by atoms with Crippen molar-refractivity contribution in [1.29, 1.82) is 0 Å². The lowest BCUT2D eigenvalue weighted by molar-refractivity contribution is 0.209. The summed E-state index contributed by atoms with van der Waals surface area (Å²) in [5, 5.41) is 10.9. The molecule has 9 heteroatoms. The van der Waals surface area contributed by atoms with Crippen LogP contribution in [0.2, 0.25) is 0 Å². The molecule has 0 aliphatic heterocycles. The van der Waals surface area contributed by atoms with Crippen LogP contribution in [-0.4, -0.2) is 11.2 Å². The molecule has 3 nitrogen and oxygen atoms in total. The third-order valence-corrected chi connectivity index (χ3v) is 5.33. The monoisotopic (exact) mass is 333 g/mol. The third-order valence-electron chi connectivity index (χ3n) is 1.44. The van der Waals surface area contributed by atoms with Crippen LogP contribution in [0.4, 0.5) is 10.5 Å². The molecule has 0 radical (unpaired) electrons. The molecule has 0 aromatic heterocycles. The summed E-state index contributed by atoms with van der Waals surface area (Å²) in [5.74, 6) is 0. The van der Waals surface area contributed by atoms with E-state index in [0.717, 1.165) is 29.8 Å². The lowest BCUT2D eigenvalue weighted by Gasteiger charge is -2.07. The van der Waals surface area contributed by atoms with Crippen molar-refractivity contribution in [2.75, 3.05) is 5.32 Å². The van der Waals surface area contributed by atoms with Gasteiger partial charge in [0, 0.05) is 35.5 Å². The van der Waals surface area contributed by atoms with Gasteiger partial charge in [0.25, 0.3) is 0 Å². The Hall–Kier alpha value is 0.470. The topological polar surface area (TPSA) is 49.3 Å². The van der Waals surface area contributed by atoms with E-state index in [9.17, 15) is 4.79 Å². The molecule has 0 atom stereocenters. The summed E-state index contributed by atoms with van der Waals surface area (Å²) < 4.78 is 0. The second-order valence-corrected chi connectivity index (χ2v) is 7.87. The van der Waals surface area contributed by atoms with Crippen LogP contribution in [0, 0.1) is 0 Å². The van der Waals surface area contributed by atoms with E-state index < -0.39 is 6.09 Å². The predicted molar refractivity (Wildman–Crippen MR) is 76.7 cm³/mol. The van der Waals surface area contributed by atoms with Crippen molar-refractivity contribution in [2.45, 2.75) is 9.79 Å². The molecule has 0 aliphatic carbocycles. The van der Waals surface area contributed by atoms with Gasteiger partial charge >= 0.3 is 6.09 Å². The van der Waals surface area contributed by atoms with Crippen molar-refractivity contribution in [3.8, 4) is 0 Å². The highest BCUT2D eigenvalue weighted by Gasteiger charge is 2.07. The maximum absolute atomic E-state index is 10.5. The van der Waals surface area contributed by atoms with Crippen molar-refractivity contribution >= 4 is 74.7 Å². The highest BCUT2D eigenvalue weighted by atomic mass is 35.7. The Kier molecular flexibility index (Phi) is 7.02. The van der Waals surface area contributed by atoms with Gasteiger partial charge in [-0.2, -0.15) is 0 Å². The quantitative estimate of drug-likeness (QED) is 0.687. The molecule has 1 aromatic carbocycles. The Morgan fingerprint density at radius 3 is 2.38 bits per heavy atom. The van der Waals surface area contributed by atoms with Gasteiger partial charge < -0.3 is 5.11 Å². The Balaban J connectivity index is 2.92. The van der Waals surface area contributed by atoms with Gasteiger partial charge in [0.1, 0.15) is 0 Å². The molecule has 88 valence electrons. The fraction of sp³-hybridized carbons (Fsp3) is 0. The summed E-state index contributed by atoms with van der Waals surface area (Å²) in [4.78, 5) is 12.3. The number of nitrogens with one attached hydrogen (secondary N) is 1. The number of benzene rings is 1. The zero-order valence-electron chi connectivity index (χ0n) is 7.48. The Labute approximate surface area is 117 Å². The predicted octanol–water partition coefficient (Wildman–Crippen LogP) is 5.56. The van der Waals surface area contributed by atoms with Crippen LogP contribution < -0.4 is 5.32 Å². The van der Waals surface area contributed by atoms with Gasteiger partial charge in [-0.15, -0.1) is 0 Å². The summed E-state index contributed by atoms with van der Waals surface area (Å²) in [6.07, 6.45) is -1.10. The first-order chi connectivity index (χ1) is 7.67. The molecule has 0 aliphatic rings.